The monoisotopic (exact) mass is 398 g/mol. The van der Waals surface area contributed by atoms with E-state index >= 15 is 0 Å². The SMILES string of the molecule is Cc1cc2c(SCCC(=O)N3CCN(c4ccccc4)CC3)ncnc2s1. The van der Waals surface area contributed by atoms with Crippen molar-refractivity contribution in [2.24, 2.45) is 0 Å². The highest BCUT2D eigenvalue weighted by Gasteiger charge is 2.21. The third-order valence-electron chi connectivity index (χ3n) is 4.72. The lowest BCUT2D eigenvalue weighted by atomic mass is 10.2. The first-order chi connectivity index (χ1) is 13.2. The molecule has 27 heavy (non-hydrogen) atoms. The van der Waals surface area contributed by atoms with Gasteiger partial charge in [-0.15, -0.1) is 23.1 Å². The van der Waals surface area contributed by atoms with Gasteiger partial charge in [-0.25, -0.2) is 9.97 Å². The Kier molecular flexibility index (Phi) is 5.59. The maximum atomic E-state index is 12.6. The summed E-state index contributed by atoms with van der Waals surface area (Å²) in [6.45, 7) is 5.45. The minimum atomic E-state index is 0.238. The van der Waals surface area contributed by atoms with E-state index in [0.717, 1.165) is 47.2 Å². The summed E-state index contributed by atoms with van der Waals surface area (Å²) in [6.07, 6.45) is 2.16. The van der Waals surface area contributed by atoms with E-state index in [1.165, 1.54) is 10.6 Å². The van der Waals surface area contributed by atoms with Crippen LogP contribution in [-0.2, 0) is 4.79 Å². The first-order valence-corrected chi connectivity index (χ1v) is 10.9. The smallest absolute Gasteiger partial charge is 0.223 e. The summed E-state index contributed by atoms with van der Waals surface area (Å²) in [5.74, 6) is 0.987. The number of benzene rings is 1. The lowest BCUT2D eigenvalue weighted by Crippen LogP contribution is -2.48. The van der Waals surface area contributed by atoms with E-state index in [1.807, 2.05) is 11.0 Å². The van der Waals surface area contributed by atoms with Crippen LogP contribution in [0.1, 0.15) is 11.3 Å². The second-order valence-electron chi connectivity index (χ2n) is 6.56. The molecule has 0 spiro atoms. The van der Waals surface area contributed by atoms with Crippen LogP contribution in [0.25, 0.3) is 10.2 Å². The number of aromatic nitrogens is 2. The van der Waals surface area contributed by atoms with Gasteiger partial charge in [-0.1, -0.05) is 18.2 Å². The van der Waals surface area contributed by atoms with E-state index in [9.17, 15) is 4.79 Å². The van der Waals surface area contributed by atoms with E-state index < -0.39 is 0 Å². The van der Waals surface area contributed by atoms with Crippen molar-refractivity contribution in [1.29, 1.82) is 0 Å². The number of aryl methyl sites for hydroxylation is 1. The normalized spacial score (nSPS) is 14.7. The number of hydrogen-bond donors (Lipinski definition) is 0. The molecule has 1 saturated heterocycles. The van der Waals surface area contributed by atoms with E-state index in [4.69, 9.17) is 0 Å². The number of thioether (sulfide) groups is 1. The van der Waals surface area contributed by atoms with Gasteiger partial charge >= 0.3 is 0 Å². The maximum absolute atomic E-state index is 12.6. The third-order valence-corrected chi connectivity index (χ3v) is 6.69. The van der Waals surface area contributed by atoms with Gasteiger partial charge in [0.2, 0.25) is 5.91 Å². The molecule has 0 bridgehead atoms. The zero-order valence-electron chi connectivity index (χ0n) is 15.3. The van der Waals surface area contributed by atoms with Crippen LogP contribution in [0.15, 0.2) is 47.8 Å². The molecule has 5 nitrogen and oxygen atoms in total. The highest BCUT2D eigenvalue weighted by molar-refractivity contribution is 7.99. The van der Waals surface area contributed by atoms with E-state index in [2.05, 4.69) is 52.1 Å². The van der Waals surface area contributed by atoms with Crippen molar-refractivity contribution in [3.63, 3.8) is 0 Å². The molecule has 1 aromatic carbocycles. The fourth-order valence-corrected chi connectivity index (χ4v) is 5.13. The fraction of sp³-hybridized carbons (Fsp3) is 0.350. The maximum Gasteiger partial charge on any atom is 0.223 e. The zero-order valence-corrected chi connectivity index (χ0v) is 16.9. The van der Waals surface area contributed by atoms with Crippen molar-refractivity contribution >= 4 is 44.9 Å². The number of thiophene rings is 1. The largest absolute Gasteiger partial charge is 0.368 e. The molecule has 1 aliphatic heterocycles. The second-order valence-corrected chi connectivity index (χ2v) is 8.87. The molecule has 1 aliphatic rings. The molecular weight excluding hydrogens is 376 g/mol. The number of anilines is 1. The minimum Gasteiger partial charge on any atom is -0.368 e. The van der Waals surface area contributed by atoms with Crippen LogP contribution in [0, 0.1) is 6.92 Å². The predicted octanol–water partition coefficient (Wildman–Crippen LogP) is 3.83. The number of carbonyl (C=O) groups excluding carboxylic acids is 1. The van der Waals surface area contributed by atoms with Gasteiger partial charge in [0, 0.05) is 54.3 Å². The first-order valence-electron chi connectivity index (χ1n) is 9.12. The summed E-state index contributed by atoms with van der Waals surface area (Å²) in [4.78, 5) is 27.9. The molecule has 0 unspecified atom stereocenters. The van der Waals surface area contributed by atoms with Gasteiger partial charge in [-0.05, 0) is 25.1 Å². The Bertz CT molecular complexity index is 920. The highest BCUT2D eigenvalue weighted by atomic mass is 32.2. The van der Waals surface area contributed by atoms with Crippen molar-refractivity contribution in [3.8, 4) is 0 Å². The standard InChI is InChI=1S/C20H22N4OS2/c1-15-13-17-19(21-14-22-20(17)27-15)26-12-7-18(25)24-10-8-23(9-11-24)16-5-3-2-4-6-16/h2-6,13-14H,7-12H2,1H3. The first kappa shape index (κ1) is 18.3. The van der Waals surface area contributed by atoms with Crippen molar-refractivity contribution in [2.75, 3.05) is 36.8 Å². The lowest BCUT2D eigenvalue weighted by molar-refractivity contribution is -0.131. The lowest BCUT2D eigenvalue weighted by Gasteiger charge is -2.36. The Labute approximate surface area is 167 Å². The minimum absolute atomic E-state index is 0.238. The van der Waals surface area contributed by atoms with Gasteiger partial charge in [0.25, 0.3) is 0 Å². The number of piperazine rings is 1. The fourth-order valence-electron chi connectivity index (χ4n) is 3.32. The topological polar surface area (TPSA) is 49.3 Å². The molecule has 4 rings (SSSR count). The number of fused-ring (bicyclic) bond motifs is 1. The van der Waals surface area contributed by atoms with E-state index in [0.29, 0.717) is 6.42 Å². The van der Waals surface area contributed by atoms with Crippen LogP contribution < -0.4 is 4.90 Å². The second kappa shape index (κ2) is 8.27. The summed E-state index contributed by atoms with van der Waals surface area (Å²) in [5.41, 5.74) is 1.24. The average Bonchev–Trinajstić information content (AvgIpc) is 3.10. The number of rotatable bonds is 5. The highest BCUT2D eigenvalue weighted by Crippen LogP contribution is 2.30. The molecule has 0 N–H and O–H groups in total. The van der Waals surface area contributed by atoms with Gasteiger partial charge in [0.1, 0.15) is 16.2 Å². The quantitative estimate of drug-likeness (QED) is 0.483. The number of hydrogen-bond acceptors (Lipinski definition) is 6. The molecule has 140 valence electrons. The van der Waals surface area contributed by atoms with E-state index in [-0.39, 0.29) is 5.91 Å². The average molecular weight is 399 g/mol. The van der Waals surface area contributed by atoms with Crippen LogP contribution in [0.2, 0.25) is 0 Å². The summed E-state index contributed by atoms with van der Waals surface area (Å²) in [5, 5.41) is 2.08. The Morgan fingerprint density at radius 2 is 1.93 bits per heavy atom. The number of amides is 1. The Balaban J connectivity index is 1.27. The molecule has 0 atom stereocenters. The molecule has 0 radical (unpaired) electrons. The Hall–Kier alpha value is -2.12. The van der Waals surface area contributed by atoms with Crippen molar-refractivity contribution in [2.45, 2.75) is 18.4 Å². The summed E-state index contributed by atoms with van der Waals surface area (Å²) >= 11 is 3.33. The predicted molar refractivity (Wildman–Crippen MR) is 113 cm³/mol. The molecule has 0 saturated carbocycles. The molecular formula is C20H22N4OS2. The van der Waals surface area contributed by atoms with Crippen LogP contribution in [0.5, 0.6) is 0 Å². The van der Waals surface area contributed by atoms with Crippen LogP contribution in [0.3, 0.4) is 0 Å². The van der Waals surface area contributed by atoms with Gasteiger partial charge in [0.15, 0.2) is 0 Å². The Morgan fingerprint density at radius 3 is 2.70 bits per heavy atom. The zero-order chi connectivity index (χ0) is 18.6. The Morgan fingerprint density at radius 1 is 1.15 bits per heavy atom. The van der Waals surface area contributed by atoms with E-state index in [1.54, 1.807) is 29.4 Å². The van der Waals surface area contributed by atoms with Crippen molar-refractivity contribution < 1.29 is 4.79 Å². The molecule has 3 heterocycles. The molecule has 0 aliphatic carbocycles. The summed E-state index contributed by atoms with van der Waals surface area (Å²) in [7, 11) is 0. The molecule has 7 heteroatoms. The van der Waals surface area contributed by atoms with Crippen molar-refractivity contribution in [3.05, 3.63) is 47.6 Å². The molecule has 1 amide bonds. The molecule has 2 aromatic heterocycles. The van der Waals surface area contributed by atoms with Crippen LogP contribution >= 0.6 is 23.1 Å². The number of carbonyl (C=O) groups is 1. The van der Waals surface area contributed by atoms with Gasteiger partial charge < -0.3 is 9.80 Å². The summed E-state index contributed by atoms with van der Waals surface area (Å²) < 4.78 is 0. The third kappa shape index (κ3) is 4.25. The number of para-hydroxylation sites is 1. The molecule has 3 aromatic rings. The summed E-state index contributed by atoms with van der Waals surface area (Å²) in [6, 6.07) is 12.5. The number of nitrogens with zero attached hydrogens (tertiary/aromatic N) is 4. The van der Waals surface area contributed by atoms with Crippen molar-refractivity contribution in [1.82, 2.24) is 14.9 Å². The van der Waals surface area contributed by atoms with Crippen LogP contribution in [0.4, 0.5) is 5.69 Å². The van der Waals surface area contributed by atoms with Gasteiger partial charge in [-0.2, -0.15) is 0 Å². The van der Waals surface area contributed by atoms with Gasteiger partial charge in [-0.3, -0.25) is 4.79 Å². The molecule has 1 fully saturated rings. The van der Waals surface area contributed by atoms with Crippen LogP contribution in [-0.4, -0.2) is 52.7 Å². The van der Waals surface area contributed by atoms with Gasteiger partial charge in [0.05, 0.1) is 0 Å².